The Balaban J connectivity index is 2.19. The van der Waals surface area contributed by atoms with Crippen LogP contribution in [0.15, 0.2) is 59.5 Å². The lowest BCUT2D eigenvalue weighted by Crippen LogP contribution is -2.37. The van der Waals surface area contributed by atoms with Crippen molar-refractivity contribution >= 4 is 27.4 Å². The lowest BCUT2D eigenvalue weighted by Gasteiger charge is -2.21. The number of hydrogen-bond acceptors (Lipinski definition) is 5. The molecule has 0 aliphatic heterocycles. The first-order valence-electron chi connectivity index (χ1n) is 8.13. The molecular formula is C19H21NO5S. The first-order valence-corrected chi connectivity index (χ1v) is 9.78. The van der Waals surface area contributed by atoms with Crippen LogP contribution in [0.25, 0.3) is 0 Å². The van der Waals surface area contributed by atoms with Gasteiger partial charge in [0.2, 0.25) is 0 Å². The fourth-order valence-electron chi connectivity index (χ4n) is 2.39. The number of anilines is 1. The van der Waals surface area contributed by atoms with Crippen LogP contribution in [0.3, 0.4) is 0 Å². The predicted molar refractivity (Wildman–Crippen MR) is 98.9 cm³/mol. The van der Waals surface area contributed by atoms with Crippen LogP contribution in [-0.4, -0.2) is 39.2 Å². The number of likely N-dealkylation sites (N-methyl/N-ethyl adjacent to an activating group) is 1. The number of benzene rings is 2. The van der Waals surface area contributed by atoms with Crippen molar-refractivity contribution in [3.05, 3.63) is 60.2 Å². The van der Waals surface area contributed by atoms with E-state index in [9.17, 15) is 18.0 Å². The van der Waals surface area contributed by atoms with Crippen LogP contribution in [0.4, 0.5) is 5.69 Å². The van der Waals surface area contributed by atoms with Crippen molar-refractivity contribution < 1.29 is 22.7 Å². The summed E-state index contributed by atoms with van der Waals surface area (Å²) in [6.07, 6.45) is -1.06. The third-order valence-corrected chi connectivity index (χ3v) is 5.71. The molecule has 138 valence electrons. The molecule has 0 radical (unpaired) electrons. The van der Waals surface area contributed by atoms with Crippen molar-refractivity contribution in [1.82, 2.24) is 0 Å². The molecule has 0 saturated carbocycles. The fourth-order valence-corrected chi connectivity index (χ4v) is 3.47. The van der Waals surface area contributed by atoms with E-state index in [1.54, 1.807) is 37.4 Å². The summed E-state index contributed by atoms with van der Waals surface area (Å²) in [6.45, 7) is 2.95. The highest BCUT2D eigenvalue weighted by atomic mass is 32.2. The molecule has 0 bridgehead atoms. The summed E-state index contributed by atoms with van der Waals surface area (Å²) >= 11 is 0. The van der Waals surface area contributed by atoms with E-state index in [1.165, 1.54) is 36.9 Å². The number of amides is 1. The second kappa shape index (κ2) is 8.14. The highest BCUT2D eigenvalue weighted by Crippen LogP contribution is 2.19. The number of ether oxygens (including phenoxy) is 1. The van der Waals surface area contributed by atoms with E-state index in [1.807, 2.05) is 6.07 Å². The van der Waals surface area contributed by atoms with Gasteiger partial charge in [0.1, 0.15) is 0 Å². The van der Waals surface area contributed by atoms with Crippen LogP contribution in [0, 0.1) is 0 Å². The monoisotopic (exact) mass is 375 g/mol. The minimum Gasteiger partial charge on any atom is -0.449 e. The molecule has 7 heteroatoms. The molecule has 0 heterocycles. The molecule has 1 atom stereocenters. The molecule has 0 N–H and O–H groups in total. The van der Waals surface area contributed by atoms with Gasteiger partial charge in [-0.25, -0.2) is 13.2 Å². The van der Waals surface area contributed by atoms with Gasteiger partial charge in [0.05, 0.1) is 16.2 Å². The van der Waals surface area contributed by atoms with Gasteiger partial charge in [0, 0.05) is 12.7 Å². The van der Waals surface area contributed by atoms with Crippen LogP contribution in [0.2, 0.25) is 0 Å². The van der Waals surface area contributed by atoms with Crippen molar-refractivity contribution in [1.29, 1.82) is 0 Å². The molecule has 26 heavy (non-hydrogen) atoms. The number of esters is 1. The van der Waals surface area contributed by atoms with E-state index in [0.29, 0.717) is 5.69 Å². The number of carbonyl (C=O) groups is 2. The molecule has 0 fully saturated rings. The van der Waals surface area contributed by atoms with Gasteiger partial charge in [0.25, 0.3) is 5.91 Å². The molecule has 0 aromatic heterocycles. The predicted octanol–water partition coefficient (Wildman–Crippen LogP) is 2.69. The first kappa shape index (κ1) is 19.7. The zero-order chi connectivity index (χ0) is 19.3. The SMILES string of the molecule is CCS(=O)(=O)c1ccccc1C(=O)O[C@H](C)C(=O)N(C)c1ccccc1. The molecule has 6 nitrogen and oxygen atoms in total. The first-order chi connectivity index (χ1) is 12.3. The van der Waals surface area contributed by atoms with Crippen LogP contribution in [-0.2, 0) is 19.4 Å². The molecule has 2 aromatic rings. The van der Waals surface area contributed by atoms with Crippen LogP contribution < -0.4 is 4.90 Å². The van der Waals surface area contributed by atoms with Crippen molar-refractivity contribution in [2.45, 2.75) is 24.8 Å². The Bertz CT molecular complexity index is 893. The van der Waals surface area contributed by atoms with E-state index >= 15 is 0 Å². The molecule has 2 rings (SSSR count). The summed E-state index contributed by atoms with van der Waals surface area (Å²) in [5, 5.41) is 0. The van der Waals surface area contributed by atoms with Crippen LogP contribution >= 0.6 is 0 Å². The van der Waals surface area contributed by atoms with Gasteiger partial charge < -0.3 is 9.64 Å². The van der Waals surface area contributed by atoms with E-state index in [4.69, 9.17) is 4.74 Å². The third-order valence-electron chi connectivity index (χ3n) is 3.93. The summed E-state index contributed by atoms with van der Waals surface area (Å²) in [5.74, 6) is -1.40. The lowest BCUT2D eigenvalue weighted by atomic mass is 10.2. The summed E-state index contributed by atoms with van der Waals surface area (Å²) in [7, 11) is -2.00. The Hall–Kier alpha value is -2.67. The Kier molecular flexibility index (Phi) is 6.15. The maximum absolute atomic E-state index is 12.5. The van der Waals surface area contributed by atoms with Gasteiger partial charge in [-0.05, 0) is 31.2 Å². The lowest BCUT2D eigenvalue weighted by molar-refractivity contribution is -0.126. The zero-order valence-corrected chi connectivity index (χ0v) is 15.7. The molecule has 0 aliphatic carbocycles. The van der Waals surface area contributed by atoms with Gasteiger partial charge in [-0.15, -0.1) is 0 Å². The van der Waals surface area contributed by atoms with Gasteiger partial charge >= 0.3 is 5.97 Å². The Morgan fingerprint density at radius 1 is 1.04 bits per heavy atom. The van der Waals surface area contributed by atoms with Gasteiger partial charge in [0.15, 0.2) is 15.9 Å². The Morgan fingerprint density at radius 3 is 2.23 bits per heavy atom. The topological polar surface area (TPSA) is 80.7 Å². The molecule has 0 aliphatic rings. The second-order valence-corrected chi connectivity index (χ2v) is 7.93. The molecule has 1 amide bonds. The van der Waals surface area contributed by atoms with E-state index in [0.717, 1.165) is 0 Å². The number of hydrogen-bond donors (Lipinski definition) is 0. The molecule has 0 spiro atoms. The van der Waals surface area contributed by atoms with E-state index in [-0.39, 0.29) is 16.2 Å². The quantitative estimate of drug-likeness (QED) is 0.725. The summed E-state index contributed by atoms with van der Waals surface area (Å²) in [5.41, 5.74) is 0.589. The van der Waals surface area contributed by atoms with Gasteiger partial charge in [-0.3, -0.25) is 4.79 Å². The molecule has 0 saturated heterocycles. The summed E-state index contributed by atoms with van der Waals surface area (Å²) in [6, 6.07) is 14.8. The van der Waals surface area contributed by atoms with Gasteiger partial charge in [-0.2, -0.15) is 0 Å². The average Bonchev–Trinajstić information content (AvgIpc) is 2.67. The summed E-state index contributed by atoms with van der Waals surface area (Å²) in [4.78, 5) is 26.2. The zero-order valence-electron chi connectivity index (χ0n) is 14.9. The molecular weight excluding hydrogens is 354 g/mol. The third kappa shape index (κ3) is 4.29. The standard InChI is InChI=1S/C19H21NO5S/c1-4-26(23,24)17-13-9-8-12-16(17)19(22)25-14(2)18(21)20(3)15-10-6-5-7-11-15/h5-14H,4H2,1-3H3/t14-/m1/s1. The van der Waals surface area contributed by atoms with Crippen molar-refractivity contribution in [2.24, 2.45) is 0 Å². The van der Waals surface area contributed by atoms with Crippen LogP contribution in [0.1, 0.15) is 24.2 Å². The number of nitrogens with zero attached hydrogens (tertiary/aromatic N) is 1. The number of carbonyl (C=O) groups excluding carboxylic acids is 2. The van der Waals surface area contributed by atoms with Crippen molar-refractivity contribution in [2.75, 3.05) is 17.7 Å². The number of sulfone groups is 1. The highest BCUT2D eigenvalue weighted by molar-refractivity contribution is 7.91. The minimum atomic E-state index is -3.59. The van der Waals surface area contributed by atoms with Crippen LogP contribution in [0.5, 0.6) is 0 Å². The maximum Gasteiger partial charge on any atom is 0.340 e. The smallest absolute Gasteiger partial charge is 0.340 e. The number of rotatable bonds is 6. The average molecular weight is 375 g/mol. The molecule has 0 unspecified atom stereocenters. The Labute approximate surface area is 153 Å². The summed E-state index contributed by atoms with van der Waals surface area (Å²) < 4.78 is 29.5. The number of para-hydroxylation sites is 1. The second-order valence-electron chi connectivity index (χ2n) is 5.68. The molecule has 2 aromatic carbocycles. The largest absolute Gasteiger partial charge is 0.449 e. The van der Waals surface area contributed by atoms with E-state index < -0.39 is 27.8 Å². The van der Waals surface area contributed by atoms with Gasteiger partial charge in [-0.1, -0.05) is 37.3 Å². The minimum absolute atomic E-state index is 0.0728. The fraction of sp³-hybridized carbons (Fsp3) is 0.263. The van der Waals surface area contributed by atoms with Crippen molar-refractivity contribution in [3.8, 4) is 0 Å². The maximum atomic E-state index is 12.5. The normalized spacial score (nSPS) is 12.3. The Morgan fingerprint density at radius 2 is 1.62 bits per heavy atom. The highest BCUT2D eigenvalue weighted by Gasteiger charge is 2.26. The van der Waals surface area contributed by atoms with E-state index in [2.05, 4.69) is 0 Å². The van der Waals surface area contributed by atoms with Crippen molar-refractivity contribution in [3.63, 3.8) is 0 Å².